The standard InChI is InChI=1S/C14H19N3S/c1-10(2)18-12-6-4-11(5-7-12)14-13(8-15)16-9-17(14)3/h4-7,9-10H,8,15H2,1-3H3. The molecule has 0 spiro atoms. The third-order valence-corrected chi connectivity index (χ3v) is 3.72. The van der Waals surface area contributed by atoms with Crippen molar-refractivity contribution in [2.75, 3.05) is 0 Å². The second-order valence-electron chi connectivity index (χ2n) is 4.55. The first-order valence-corrected chi connectivity index (χ1v) is 6.97. The third kappa shape index (κ3) is 2.76. The molecule has 0 radical (unpaired) electrons. The molecule has 1 heterocycles. The lowest BCUT2D eigenvalue weighted by Crippen LogP contribution is -2.00. The molecule has 0 atom stereocenters. The molecule has 0 aliphatic heterocycles. The number of nitrogens with two attached hydrogens (primary N) is 1. The molecule has 0 aliphatic rings. The van der Waals surface area contributed by atoms with Gasteiger partial charge in [-0.15, -0.1) is 11.8 Å². The van der Waals surface area contributed by atoms with Gasteiger partial charge in [0.05, 0.1) is 17.7 Å². The van der Waals surface area contributed by atoms with Crippen molar-refractivity contribution in [3.8, 4) is 11.3 Å². The van der Waals surface area contributed by atoms with E-state index in [4.69, 9.17) is 5.73 Å². The maximum Gasteiger partial charge on any atom is 0.0952 e. The summed E-state index contributed by atoms with van der Waals surface area (Å²) in [4.78, 5) is 5.61. The number of hydrogen-bond acceptors (Lipinski definition) is 3. The van der Waals surface area contributed by atoms with Crippen LogP contribution < -0.4 is 5.73 Å². The molecular formula is C14H19N3S. The Bertz CT molecular complexity index is 514. The summed E-state index contributed by atoms with van der Waals surface area (Å²) < 4.78 is 2.02. The lowest BCUT2D eigenvalue weighted by atomic mass is 10.1. The summed E-state index contributed by atoms with van der Waals surface area (Å²) in [5.74, 6) is 0. The second-order valence-corrected chi connectivity index (χ2v) is 6.20. The van der Waals surface area contributed by atoms with Crippen LogP contribution in [0.2, 0.25) is 0 Å². The first-order valence-electron chi connectivity index (χ1n) is 6.09. The molecule has 96 valence electrons. The maximum absolute atomic E-state index is 5.72. The zero-order valence-electron chi connectivity index (χ0n) is 11.1. The van der Waals surface area contributed by atoms with Crippen molar-refractivity contribution in [1.82, 2.24) is 9.55 Å². The van der Waals surface area contributed by atoms with E-state index in [2.05, 4.69) is 43.1 Å². The number of aryl methyl sites for hydroxylation is 1. The molecule has 1 aromatic heterocycles. The van der Waals surface area contributed by atoms with Crippen LogP contribution in [-0.4, -0.2) is 14.8 Å². The fourth-order valence-corrected chi connectivity index (χ4v) is 2.80. The molecule has 2 aromatic rings. The van der Waals surface area contributed by atoms with Gasteiger partial charge in [-0.05, 0) is 12.1 Å². The minimum Gasteiger partial charge on any atom is -0.333 e. The fourth-order valence-electron chi connectivity index (χ4n) is 1.96. The van der Waals surface area contributed by atoms with Crippen LogP contribution >= 0.6 is 11.8 Å². The highest BCUT2D eigenvalue weighted by molar-refractivity contribution is 7.99. The van der Waals surface area contributed by atoms with E-state index in [0.717, 1.165) is 11.4 Å². The molecule has 1 aromatic carbocycles. The van der Waals surface area contributed by atoms with Crippen LogP contribution in [-0.2, 0) is 13.6 Å². The normalized spacial score (nSPS) is 11.2. The highest BCUT2D eigenvalue weighted by Crippen LogP contribution is 2.27. The second kappa shape index (κ2) is 5.59. The lowest BCUT2D eigenvalue weighted by Gasteiger charge is -2.08. The first-order chi connectivity index (χ1) is 8.61. The smallest absolute Gasteiger partial charge is 0.0952 e. The number of imidazole rings is 1. The SMILES string of the molecule is CC(C)Sc1ccc(-c2c(CN)ncn2C)cc1. The lowest BCUT2D eigenvalue weighted by molar-refractivity contribution is 0.920. The predicted molar refractivity (Wildman–Crippen MR) is 77.5 cm³/mol. The van der Waals surface area contributed by atoms with E-state index < -0.39 is 0 Å². The van der Waals surface area contributed by atoms with Crippen LogP contribution in [0.1, 0.15) is 19.5 Å². The van der Waals surface area contributed by atoms with E-state index >= 15 is 0 Å². The van der Waals surface area contributed by atoms with Gasteiger partial charge in [0.1, 0.15) is 0 Å². The van der Waals surface area contributed by atoms with Crippen LogP contribution in [0.5, 0.6) is 0 Å². The van der Waals surface area contributed by atoms with Gasteiger partial charge in [0.15, 0.2) is 0 Å². The van der Waals surface area contributed by atoms with E-state index in [0.29, 0.717) is 11.8 Å². The van der Waals surface area contributed by atoms with Crippen molar-refractivity contribution in [3.63, 3.8) is 0 Å². The molecule has 2 N–H and O–H groups in total. The maximum atomic E-state index is 5.72. The number of rotatable bonds is 4. The Kier molecular flexibility index (Phi) is 4.09. The van der Waals surface area contributed by atoms with E-state index in [-0.39, 0.29) is 0 Å². The number of nitrogens with zero attached hydrogens (tertiary/aromatic N) is 2. The van der Waals surface area contributed by atoms with Gasteiger partial charge in [-0.25, -0.2) is 4.98 Å². The van der Waals surface area contributed by atoms with Crippen LogP contribution in [0.3, 0.4) is 0 Å². The fraction of sp³-hybridized carbons (Fsp3) is 0.357. The van der Waals surface area contributed by atoms with Crippen molar-refractivity contribution in [2.24, 2.45) is 12.8 Å². The van der Waals surface area contributed by atoms with E-state index in [1.54, 1.807) is 0 Å². The highest BCUT2D eigenvalue weighted by atomic mass is 32.2. The van der Waals surface area contributed by atoms with Gasteiger partial charge in [-0.1, -0.05) is 26.0 Å². The molecule has 18 heavy (non-hydrogen) atoms. The van der Waals surface area contributed by atoms with Crippen molar-refractivity contribution in [1.29, 1.82) is 0 Å². The Balaban J connectivity index is 2.31. The van der Waals surface area contributed by atoms with Crippen LogP contribution in [0.25, 0.3) is 11.3 Å². The summed E-state index contributed by atoms with van der Waals surface area (Å²) in [5, 5.41) is 0.604. The van der Waals surface area contributed by atoms with Crippen molar-refractivity contribution < 1.29 is 0 Å². The molecule has 0 unspecified atom stereocenters. The monoisotopic (exact) mass is 261 g/mol. The van der Waals surface area contributed by atoms with E-state index in [9.17, 15) is 0 Å². The minimum absolute atomic E-state index is 0.471. The summed E-state index contributed by atoms with van der Waals surface area (Å²) in [7, 11) is 2.00. The predicted octanol–water partition coefficient (Wildman–Crippen LogP) is 3.05. The molecule has 0 saturated heterocycles. The van der Waals surface area contributed by atoms with Gasteiger partial charge in [-0.3, -0.25) is 0 Å². The molecule has 0 amide bonds. The Morgan fingerprint density at radius 2 is 1.94 bits per heavy atom. The number of hydrogen-bond donors (Lipinski definition) is 1. The van der Waals surface area contributed by atoms with Crippen LogP contribution in [0.4, 0.5) is 0 Å². The van der Waals surface area contributed by atoms with Gasteiger partial charge >= 0.3 is 0 Å². The number of benzene rings is 1. The molecule has 3 nitrogen and oxygen atoms in total. The zero-order chi connectivity index (χ0) is 13.1. The van der Waals surface area contributed by atoms with Crippen molar-refractivity contribution in [3.05, 3.63) is 36.3 Å². The third-order valence-electron chi connectivity index (χ3n) is 2.71. The van der Waals surface area contributed by atoms with E-state index in [1.807, 2.05) is 29.7 Å². The van der Waals surface area contributed by atoms with Gasteiger partial charge in [0, 0.05) is 29.3 Å². The zero-order valence-corrected chi connectivity index (χ0v) is 11.9. The molecule has 2 rings (SSSR count). The highest BCUT2D eigenvalue weighted by Gasteiger charge is 2.09. The Hall–Kier alpha value is -1.26. The average Bonchev–Trinajstić information content (AvgIpc) is 2.71. The molecule has 0 bridgehead atoms. The van der Waals surface area contributed by atoms with Crippen molar-refractivity contribution >= 4 is 11.8 Å². The average molecular weight is 261 g/mol. The van der Waals surface area contributed by atoms with Gasteiger partial charge in [-0.2, -0.15) is 0 Å². The van der Waals surface area contributed by atoms with Gasteiger partial charge in [0.25, 0.3) is 0 Å². The number of thioether (sulfide) groups is 1. The summed E-state index contributed by atoms with van der Waals surface area (Å²) in [6.45, 7) is 4.87. The molecule has 0 saturated carbocycles. The van der Waals surface area contributed by atoms with Gasteiger partial charge in [0.2, 0.25) is 0 Å². The summed E-state index contributed by atoms with van der Waals surface area (Å²) in [5.41, 5.74) is 8.94. The first kappa shape index (κ1) is 13.2. The summed E-state index contributed by atoms with van der Waals surface area (Å²) in [6, 6.07) is 8.60. The molecular weight excluding hydrogens is 242 g/mol. The van der Waals surface area contributed by atoms with Crippen LogP contribution in [0, 0.1) is 0 Å². The molecule has 0 aliphatic carbocycles. The Labute approximate surface area is 112 Å². The quantitative estimate of drug-likeness (QED) is 0.860. The Morgan fingerprint density at radius 3 is 2.50 bits per heavy atom. The minimum atomic E-state index is 0.471. The Morgan fingerprint density at radius 1 is 1.28 bits per heavy atom. The van der Waals surface area contributed by atoms with Crippen LogP contribution in [0.15, 0.2) is 35.5 Å². The summed E-state index contributed by atoms with van der Waals surface area (Å²) in [6.07, 6.45) is 1.81. The molecule has 0 fully saturated rings. The summed E-state index contributed by atoms with van der Waals surface area (Å²) >= 11 is 1.87. The molecule has 4 heteroatoms. The topological polar surface area (TPSA) is 43.8 Å². The number of aromatic nitrogens is 2. The van der Waals surface area contributed by atoms with Crippen molar-refractivity contribution in [2.45, 2.75) is 30.5 Å². The largest absolute Gasteiger partial charge is 0.333 e. The van der Waals surface area contributed by atoms with E-state index in [1.165, 1.54) is 10.5 Å². The van der Waals surface area contributed by atoms with Gasteiger partial charge < -0.3 is 10.3 Å².